The third-order valence-electron chi connectivity index (χ3n) is 8.50. The van der Waals surface area contributed by atoms with Crippen molar-refractivity contribution in [3.63, 3.8) is 0 Å². The summed E-state index contributed by atoms with van der Waals surface area (Å²) in [6, 6.07) is 13.1. The van der Waals surface area contributed by atoms with E-state index in [9.17, 15) is 26.4 Å². The minimum Gasteiger partial charge on any atom is -0.320 e. The fraction of sp³-hybridized carbons (Fsp3) is 0.424. The van der Waals surface area contributed by atoms with Gasteiger partial charge < -0.3 is 10.6 Å². The Morgan fingerprint density at radius 1 is 0.609 bits per heavy atom. The molecule has 0 saturated carbocycles. The summed E-state index contributed by atoms with van der Waals surface area (Å²) in [4.78, 5) is 30.5. The highest BCUT2D eigenvalue weighted by atomic mass is 32.2. The molecule has 13 heteroatoms. The van der Waals surface area contributed by atoms with Crippen LogP contribution in [0.15, 0.2) is 76.8 Å². The van der Waals surface area contributed by atoms with Gasteiger partial charge in [0.05, 0.1) is 27.4 Å². The molecule has 2 aliphatic heterocycles. The van der Waals surface area contributed by atoms with Crippen molar-refractivity contribution < 1.29 is 26.4 Å². The Kier molecular flexibility index (Phi) is 9.97. The monoisotopic (exact) mass is 667 g/mol. The summed E-state index contributed by atoms with van der Waals surface area (Å²) >= 11 is 0. The van der Waals surface area contributed by atoms with E-state index < -0.39 is 31.9 Å². The molecule has 11 nitrogen and oxygen atoms in total. The predicted octanol–water partition coefficient (Wildman–Crippen LogP) is 4.92. The van der Waals surface area contributed by atoms with Crippen LogP contribution in [0.1, 0.15) is 61.3 Å². The normalized spacial score (nSPS) is 23.0. The number of nitrogens with zero attached hydrogens (tertiary/aromatic N) is 3. The van der Waals surface area contributed by atoms with E-state index in [2.05, 4.69) is 15.6 Å². The molecule has 4 atom stereocenters. The van der Waals surface area contributed by atoms with Gasteiger partial charge in [-0.15, -0.1) is 0 Å². The SMILES string of the molecule is C[C@@H]1C[C@H](C)CN(S(=O)(=O)c2ccc(C(=O)Nc3ccncc3NC(=O)c3ccc(S(=O)(=O)N4C[C@H](C)C[C@H](C)C4)cc3)cc2)C1. The number of hydrogen-bond acceptors (Lipinski definition) is 7. The van der Waals surface area contributed by atoms with E-state index in [-0.39, 0.29) is 56.0 Å². The van der Waals surface area contributed by atoms with Gasteiger partial charge in [-0.3, -0.25) is 14.6 Å². The van der Waals surface area contributed by atoms with E-state index in [1.165, 1.54) is 75.6 Å². The molecule has 2 aromatic carbocycles. The zero-order valence-corrected chi connectivity index (χ0v) is 28.1. The maximum Gasteiger partial charge on any atom is 0.255 e. The summed E-state index contributed by atoms with van der Waals surface area (Å²) in [5.41, 5.74) is 0.993. The second kappa shape index (κ2) is 13.6. The number of amides is 2. The Labute approximate surface area is 271 Å². The highest BCUT2D eigenvalue weighted by Crippen LogP contribution is 2.29. The van der Waals surface area contributed by atoms with E-state index in [1.807, 2.05) is 27.7 Å². The number of rotatable bonds is 8. The highest BCUT2D eigenvalue weighted by Gasteiger charge is 2.33. The Balaban J connectivity index is 1.25. The molecule has 0 spiro atoms. The largest absolute Gasteiger partial charge is 0.320 e. The van der Waals surface area contributed by atoms with Crippen LogP contribution in [0.2, 0.25) is 0 Å². The third-order valence-corrected chi connectivity index (χ3v) is 12.2. The minimum absolute atomic E-state index is 0.124. The molecule has 0 radical (unpaired) electrons. The third kappa shape index (κ3) is 7.49. The number of hydrogen-bond donors (Lipinski definition) is 2. The topological polar surface area (TPSA) is 146 Å². The summed E-state index contributed by atoms with van der Waals surface area (Å²) in [6.07, 6.45) is 4.82. The van der Waals surface area contributed by atoms with Crippen molar-refractivity contribution in [2.24, 2.45) is 23.7 Å². The Morgan fingerprint density at radius 3 is 1.37 bits per heavy atom. The van der Waals surface area contributed by atoms with Crippen LogP contribution in [-0.4, -0.2) is 68.4 Å². The summed E-state index contributed by atoms with van der Waals surface area (Å²) in [6.45, 7) is 10.0. The van der Waals surface area contributed by atoms with Gasteiger partial charge in [0.2, 0.25) is 20.0 Å². The van der Waals surface area contributed by atoms with E-state index in [0.717, 1.165) is 12.8 Å². The number of piperidine rings is 2. The molecule has 2 aliphatic rings. The lowest BCUT2D eigenvalue weighted by Crippen LogP contribution is -2.42. The molecular formula is C33H41N5O6S2. The van der Waals surface area contributed by atoms with Crippen LogP contribution in [0.3, 0.4) is 0 Å². The quantitative estimate of drug-likeness (QED) is 0.347. The second-order valence-electron chi connectivity index (χ2n) is 12.9. The van der Waals surface area contributed by atoms with Gasteiger partial charge in [-0.1, -0.05) is 27.7 Å². The number of nitrogens with one attached hydrogen (secondary N) is 2. The molecule has 2 fully saturated rings. The van der Waals surface area contributed by atoms with Gasteiger partial charge in [0, 0.05) is 43.5 Å². The lowest BCUT2D eigenvalue weighted by Gasteiger charge is -2.34. The summed E-state index contributed by atoms with van der Waals surface area (Å²) in [5.74, 6) is 0.0694. The molecule has 2 N–H and O–H groups in total. The zero-order chi connectivity index (χ0) is 33.2. The maximum absolute atomic E-state index is 13.2. The van der Waals surface area contributed by atoms with E-state index in [0.29, 0.717) is 26.2 Å². The van der Waals surface area contributed by atoms with Crippen molar-refractivity contribution in [2.45, 2.75) is 50.3 Å². The molecular weight excluding hydrogens is 627 g/mol. The van der Waals surface area contributed by atoms with Crippen LogP contribution in [0, 0.1) is 23.7 Å². The smallest absolute Gasteiger partial charge is 0.255 e. The number of carbonyl (C=O) groups excluding carboxylic acids is 2. The average Bonchev–Trinajstić information content (AvgIpc) is 3.01. The average molecular weight is 668 g/mol. The highest BCUT2D eigenvalue weighted by molar-refractivity contribution is 7.89. The van der Waals surface area contributed by atoms with Gasteiger partial charge in [0.25, 0.3) is 11.8 Å². The van der Waals surface area contributed by atoms with Crippen molar-refractivity contribution in [2.75, 3.05) is 36.8 Å². The Bertz CT molecular complexity index is 1640. The standard InChI is InChI=1S/C33H41N5O6S2/c1-22-15-23(2)19-37(18-22)45(41,42)28-9-5-26(6-10-28)32(39)35-30-13-14-34-17-31(30)36-33(40)27-7-11-29(12-8-27)46(43,44)38-20-24(3)16-25(4)21-38/h5-14,17,22-25H,15-16,18-21H2,1-4H3,(H,36,40)(H,34,35,39)/t22-,23+,24-,25+. The molecule has 0 bridgehead atoms. The van der Waals surface area contributed by atoms with Crippen molar-refractivity contribution in [3.8, 4) is 0 Å². The van der Waals surface area contributed by atoms with Crippen LogP contribution in [0.4, 0.5) is 11.4 Å². The first-order valence-electron chi connectivity index (χ1n) is 15.5. The first-order valence-corrected chi connectivity index (χ1v) is 18.4. The van der Waals surface area contributed by atoms with E-state index in [4.69, 9.17) is 0 Å². The van der Waals surface area contributed by atoms with E-state index >= 15 is 0 Å². The summed E-state index contributed by atoms with van der Waals surface area (Å²) in [7, 11) is -7.38. The molecule has 3 heterocycles. The summed E-state index contributed by atoms with van der Waals surface area (Å²) in [5, 5.41) is 5.48. The van der Waals surface area contributed by atoms with Gasteiger partial charge >= 0.3 is 0 Å². The Morgan fingerprint density at radius 2 is 0.978 bits per heavy atom. The number of aromatic nitrogens is 1. The Hall–Kier alpha value is -3.65. The molecule has 46 heavy (non-hydrogen) atoms. The van der Waals surface area contributed by atoms with Crippen molar-refractivity contribution in [3.05, 3.63) is 78.1 Å². The molecule has 1 aromatic heterocycles. The van der Waals surface area contributed by atoms with Gasteiger partial charge in [-0.05, 0) is 91.1 Å². The molecule has 2 amide bonds. The fourth-order valence-corrected chi connectivity index (χ4v) is 9.81. The number of anilines is 2. The van der Waals surface area contributed by atoms with Gasteiger partial charge in [-0.25, -0.2) is 16.8 Å². The van der Waals surface area contributed by atoms with Crippen LogP contribution in [-0.2, 0) is 20.0 Å². The maximum atomic E-state index is 13.2. The molecule has 246 valence electrons. The molecule has 0 aliphatic carbocycles. The van der Waals surface area contributed by atoms with Crippen molar-refractivity contribution in [1.29, 1.82) is 0 Å². The van der Waals surface area contributed by atoms with E-state index in [1.54, 1.807) is 0 Å². The molecule has 2 saturated heterocycles. The molecule has 0 unspecified atom stereocenters. The van der Waals surface area contributed by atoms with Crippen molar-refractivity contribution in [1.82, 2.24) is 13.6 Å². The van der Waals surface area contributed by atoms with Crippen LogP contribution in [0.25, 0.3) is 0 Å². The van der Waals surface area contributed by atoms with Gasteiger partial charge in [0.15, 0.2) is 0 Å². The van der Waals surface area contributed by atoms with Crippen LogP contribution in [0.5, 0.6) is 0 Å². The van der Waals surface area contributed by atoms with Gasteiger partial charge in [-0.2, -0.15) is 8.61 Å². The predicted molar refractivity (Wildman–Crippen MR) is 176 cm³/mol. The zero-order valence-electron chi connectivity index (χ0n) is 26.5. The minimum atomic E-state index is -3.69. The fourth-order valence-electron chi connectivity index (χ4n) is 6.45. The molecule has 3 aromatic rings. The van der Waals surface area contributed by atoms with Crippen molar-refractivity contribution >= 4 is 43.2 Å². The first kappa shape index (κ1) is 33.7. The second-order valence-corrected chi connectivity index (χ2v) is 16.8. The number of carbonyl (C=O) groups is 2. The van der Waals surface area contributed by atoms with Crippen LogP contribution >= 0.6 is 0 Å². The number of pyridine rings is 1. The number of benzene rings is 2. The molecule has 5 rings (SSSR count). The summed E-state index contributed by atoms with van der Waals surface area (Å²) < 4.78 is 55.9. The van der Waals surface area contributed by atoms with Gasteiger partial charge in [0.1, 0.15) is 0 Å². The number of sulfonamides is 2. The van der Waals surface area contributed by atoms with Crippen LogP contribution < -0.4 is 10.6 Å². The first-order chi connectivity index (χ1) is 21.7. The lowest BCUT2D eigenvalue weighted by atomic mass is 9.94. The lowest BCUT2D eigenvalue weighted by molar-refractivity contribution is 0.101.